The number of imidazole rings is 1. The number of carbonyl (C=O) groups is 1. The molecule has 1 fully saturated rings. The van der Waals surface area contributed by atoms with Crippen molar-refractivity contribution in [2.75, 3.05) is 11.4 Å². The zero-order chi connectivity index (χ0) is 17.6. The summed E-state index contributed by atoms with van der Waals surface area (Å²) < 4.78 is 1.85. The summed E-state index contributed by atoms with van der Waals surface area (Å²) in [4.78, 5) is 22.1. The Labute approximate surface area is 153 Å². The molecule has 0 radical (unpaired) electrons. The average molecular weight is 377 g/mol. The highest BCUT2D eigenvalue weighted by Gasteiger charge is 2.32. The molecule has 128 valence electrons. The minimum absolute atomic E-state index is 0.355. The van der Waals surface area contributed by atoms with Gasteiger partial charge < -0.3 is 14.6 Å². The predicted octanol–water partition coefficient (Wildman–Crippen LogP) is 3.78. The first kappa shape index (κ1) is 16.2. The standard InChI is InChI=1S/C17H14Cl2N4O2/c18-11-4-3-10-13(22-7-5-20-9-22)8-14(21-16(10)15(11)19)23-6-1-2-12(23)17(24)25/h3-5,7-9,12H,1-2,6H2,(H,24,25)/t12-/m0/s1. The molecule has 0 spiro atoms. The fourth-order valence-corrected chi connectivity index (χ4v) is 3.62. The quantitative estimate of drug-likeness (QED) is 0.752. The van der Waals surface area contributed by atoms with Crippen LogP contribution < -0.4 is 4.90 Å². The molecule has 1 saturated heterocycles. The second-order valence-electron chi connectivity index (χ2n) is 5.92. The van der Waals surface area contributed by atoms with Gasteiger partial charge in [0, 0.05) is 30.4 Å². The van der Waals surface area contributed by atoms with Crippen LogP contribution in [0, 0.1) is 0 Å². The van der Waals surface area contributed by atoms with Gasteiger partial charge in [0.15, 0.2) is 0 Å². The molecule has 3 heterocycles. The van der Waals surface area contributed by atoms with Crippen molar-refractivity contribution in [1.82, 2.24) is 14.5 Å². The molecule has 0 amide bonds. The minimum atomic E-state index is -0.847. The van der Waals surface area contributed by atoms with Gasteiger partial charge in [-0.05, 0) is 25.0 Å². The summed E-state index contributed by atoms with van der Waals surface area (Å²) in [6.07, 6.45) is 6.58. The molecule has 1 aromatic carbocycles. The van der Waals surface area contributed by atoms with Gasteiger partial charge in [0.05, 0.1) is 27.6 Å². The van der Waals surface area contributed by atoms with Gasteiger partial charge in [0.25, 0.3) is 0 Å². The van der Waals surface area contributed by atoms with E-state index in [1.54, 1.807) is 23.5 Å². The maximum Gasteiger partial charge on any atom is 0.326 e. The molecule has 0 saturated carbocycles. The molecular weight excluding hydrogens is 363 g/mol. The summed E-state index contributed by atoms with van der Waals surface area (Å²) in [5.74, 6) is -0.272. The first-order chi connectivity index (χ1) is 12.1. The van der Waals surface area contributed by atoms with E-state index in [1.807, 2.05) is 22.9 Å². The number of pyridine rings is 1. The fourth-order valence-electron chi connectivity index (χ4n) is 3.26. The summed E-state index contributed by atoms with van der Waals surface area (Å²) in [5.41, 5.74) is 1.37. The van der Waals surface area contributed by atoms with Gasteiger partial charge in [0.1, 0.15) is 11.9 Å². The smallest absolute Gasteiger partial charge is 0.326 e. The lowest BCUT2D eigenvalue weighted by atomic mass is 10.1. The third-order valence-electron chi connectivity index (χ3n) is 4.45. The fraction of sp³-hybridized carbons (Fsp3) is 0.235. The van der Waals surface area contributed by atoms with Gasteiger partial charge in [0.2, 0.25) is 0 Å². The monoisotopic (exact) mass is 376 g/mol. The number of carboxylic acid groups (broad SMARTS) is 1. The molecule has 0 bridgehead atoms. The third-order valence-corrected chi connectivity index (χ3v) is 5.25. The summed E-state index contributed by atoms with van der Waals surface area (Å²) >= 11 is 12.5. The van der Waals surface area contributed by atoms with E-state index in [9.17, 15) is 9.90 Å². The van der Waals surface area contributed by atoms with Crippen LogP contribution in [-0.2, 0) is 4.79 Å². The molecule has 1 aliphatic heterocycles. The van der Waals surface area contributed by atoms with Crippen molar-refractivity contribution in [2.24, 2.45) is 0 Å². The Morgan fingerprint density at radius 1 is 1.32 bits per heavy atom. The Kier molecular flexibility index (Phi) is 4.01. The second-order valence-corrected chi connectivity index (χ2v) is 6.70. The molecule has 1 N–H and O–H groups in total. The number of carboxylic acids is 1. The van der Waals surface area contributed by atoms with Crippen LogP contribution in [0.15, 0.2) is 36.9 Å². The maximum absolute atomic E-state index is 11.6. The summed E-state index contributed by atoms with van der Waals surface area (Å²) in [6, 6.07) is 4.87. The lowest BCUT2D eigenvalue weighted by molar-refractivity contribution is -0.138. The third kappa shape index (κ3) is 2.71. The van der Waals surface area contributed by atoms with Crippen LogP contribution in [0.25, 0.3) is 16.6 Å². The number of fused-ring (bicyclic) bond motifs is 1. The Morgan fingerprint density at radius 2 is 2.16 bits per heavy atom. The van der Waals surface area contributed by atoms with Crippen molar-refractivity contribution in [2.45, 2.75) is 18.9 Å². The number of aliphatic carboxylic acids is 1. The van der Waals surface area contributed by atoms with Crippen molar-refractivity contribution >= 4 is 45.9 Å². The van der Waals surface area contributed by atoms with E-state index in [0.717, 1.165) is 17.5 Å². The number of hydrogen-bond donors (Lipinski definition) is 1. The SMILES string of the molecule is O=C(O)[C@@H]1CCCN1c1cc(-n2ccnc2)c2ccc(Cl)c(Cl)c2n1. The number of rotatable bonds is 3. The van der Waals surface area contributed by atoms with Gasteiger partial charge in [-0.2, -0.15) is 0 Å². The number of aromatic nitrogens is 3. The van der Waals surface area contributed by atoms with Crippen LogP contribution in [0.5, 0.6) is 0 Å². The largest absolute Gasteiger partial charge is 0.480 e. The lowest BCUT2D eigenvalue weighted by Gasteiger charge is -2.24. The van der Waals surface area contributed by atoms with E-state index in [2.05, 4.69) is 9.97 Å². The molecule has 1 atom stereocenters. The Balaban J connectivity index is 1.97. The number of halogens is 2. The zero-order valence-electron chi connectivity index (χ0n) is 13.1. The highest BCUT2D eigenvalue weighted by Crippen LogP contribution is 2.36. The Bertz CT molecular complexity index is 959. The lowest BCUT2D eigenvalue weighted by Crippen LogP contribution is -2.36. The van der Waals surface area contributed by atoms with E-state index in [-0.39, 0.29) is 0 Å². The van der Waals surface area contributed by atoms with Crippen molar-refractivity contribution in [3.63, 3.8) is 0 Å². The van der Waals surface area contributed by atoms with Crippen molar-refractivity contribution in [3.8, 4) is 5.69 Å². The molecule has 0 aliphatic carbocycles. The van der Waals surface area contributed by atoms with E-state index in [1.165, 1.54) is 0 Å². The van der Waals surface area contributed by atoms with Crippen molar-refractivity contribution < 1.29 is 9.90 Å². The topological polar surface area (TPSA) is 71.2 Å². The number of nitrogens with zero attached hydrogens (tertiary/aromatic N) is 4. The van der Waals surface area contributed by atoms with Crippen LogP contribution in [0.1, 0.15) is 12.8 Å². The van der Waals surface area contributed by atoms with Crippen LogP contribution >= 0.6 is 23.2 Å². The number of hydrogen-bond acceptors (Lipinski definition) is 4. The van der Waals surface area contributed by atoms with Gasteiger partial charge in [-0.3, -0.25) is 0 Å². The maximum atomic E-state index is 11.6. The minimum Gasteiger partial charge on any atom is -0.480 e. The predicted molar refractivity (Wildman–Crippen MR) is 96.9 cm³/mol. The Morgan fingerprint density at radius 3 is 2.88 bits per heavy atom. The summed E-state index contributed by atoms with van der Waals surface area (Å²) in [6.45, 7) is 0.636. The zero-order valence-corrected chi connectivity index (χ0v) is 14.6. The molecule has 3 aromatic rings. The van der Waals surface area contributed by atoms with Crippen LogP contribution in [0.4, 0.5) is 5.82 Å². The first-order valence-corrected chi connectivity index (χ1v) is 8.58. The highest BCUT2D eigenvalue weighted by atomic mass is 35.5. The Hall–Kier alpha value is -2.31. The van der Waals surface area contributed by atoms with E-state index in [0.29, 0.717) is 34.3 Å². The summed E-state index contributed by atoms with van der Waals surface area (Å²) in [5, 5.41) is 11.1. The van der Waals surface area contributed by atoms with Crippen LogP contribution in [-0.4, -0.2) is 38.2 Å². The van der Waals surface area contributed by atoms with Crippen molar-refractivity contribution in [1.29, 1.82) is 0 Å². The van der Waals surface area contributed by atoms with Crippen molar-refractivity contribution in [3.05, 3.63) is 47.0 Å². The molecule has 25 heavy (non-hydrogen) atoms. The molecule has 8 heteroatoms. The molecule has 4 rings (SSSR count). The normalized spacial score (nSPS) is 17.4. The van der Waals surface area contributed by atoms with Crippen LogP contribution in [0.3, 0.4) is 0 Å². The van der Waals surface area contributed by atoms with E-state index < -0.39 is 12.0 Å². The van der Waals surface area contributed by atoms with Gasteiger partial charge >= 0.3 is 5.97 Å². The van der Waals surface area contributed by atoms with Gasteiger partial charge in [-0.15, -0.1) is 0 Å². The summed E-state index contributed by atoms with van der Waals surface area (Å²) in [7, 11) is 0. The van der Waals surface area contributed by atoms with E-state index in [4.69, 9.17) is 23.2 Å². The number of benzene rings is 1. The van der Waals surface area contributed by atoms with E-state index >= 15 is 0 Å². The number of anilines is 1. The average Bonchev–Trinajstić information content (AvgIpc) is 3.28. The molecule has 0 unspecified atom stereocenters. The highest BCUT2D eigenvalue weighted by molar-refractivity contribution is 6.45. The van der Waals surface area contributed by atoms with Gasteiger partial charge in [-0.1, -0.05) is 23.2 Å². The molecular formula is C17H14Cl2N4O2. The first-order valence-electron chi connectivity index (χ1n) is 7.83. The van der Waals surface area contributed by atoms with Crippen LogP contribution in [0.2, 0.25) is 10.0 Å². The molecule has 2 aromatic heterocycles. The van der Waals surface area contributed by atoms with Gasteiger partial charge in [-0.25, -0.2) is 14.8 Å². The second kappa shape index (κ2) is 6.20. The molecule has 1 aliphatic rings. The molecule has 6 nitrogen and oxygen atoms in total.